The van der Waals surface area contributed by atoms with Crippen molar-refractivity contribution >= 4 is 32.0 Å². The number of rotatable bonds is 5. The van der Waals surface area contributed by atoms with Crippen molar-refractivity contribution in [2.24, 2.45) is 0 Å². The highest BCUT2D eigenvalue weighted by Crippen LogP contribution is 2.25. The SMILES string of the molecule is O=S(=O)(/C=C/c1ccccc1)N1CC(Oc2ncccc2Br)C1. The first-order chi connectivity index (χ1) is 11.0. The van der Waals surface area contributed by atoms with Crippen molar-refractivity contribution in [3.63, 3.8) is 0 Å². The van der Waals surface area contributed by atoms with Gasteiger partial charge >= 0.3 is 0 Å². The van der Waals surface area contributed by atoms with Gasteiger partial charge in [0, 0.05) is 11.6 Å². The smallest absolute Gasteiger partial charge is 0.236 e. The fraction of sp³-hybridized carbons (Fsp3) is 0.188. The Bertz CT molecular complexity index is 803. The highest BCUT2D eigenvalue weighted by Gasteiger charge is 2.36. The molecule has 1 aliphatic heterocycles. The summed E-state index contributed by atoms with van der Waals surface area (Å²) >= 11 is 3.35. The van der Waals surface area contributed by atoms with Gasteiger partial charge in [0.1, 0.15) is 6.10 Å². The Kier molecular flexibility index (Phi) is 4.79. The Labute approximate surface area is 143 Å². The zero-order chi connectivity index (χ0) is 16.3. The van der Waals surface area contributed by atoms with Gasteiger partial charge in [0.05, 0.1) is 17.6 Å². The van der Waals surface area contributed by atoms with E-state index in [-0.39, 0.29) is 6.10 Å². The molecule has 5 nitrogen and oxygen atoms in total. The number of hydrogen-bond acceptors (Lipinski definition) is 4. The minimum absolute atomic E-state index is 0.180. The minimum Gasteiger partial charge on any atom is -0.471 e. The first-order valence-corrected chi connectivity index (χ1v) is 9.35. The van der Waals surface area contributed by atoms with Gasteiger partial charge in [-0.3, -0.25) is 0 Å². The van der Waals surface area contributed by atoms with Crippen LogP contribution in [0.1, 0.15) is 5.56 Å². The molecule has 7 heteroatoms. The number of nitrogens with zero attached hydrogens (tertiary/aromatic N) is 2. The number of sulfonamides is 1. The van der Waals surface area contributed by atoms with E-state index in [0.717, 1.165) is 10.0 Å². The molecule has 0 spiro atoms. The van der Waals surface area contributed by atoms with Gasteiger partial charge < -0.3 is 4.74 Å². The molecule has 0 N–H and O–H groups in total. The molecular weight excluding hydrogens is 380 g/mol. The lowest BCUT2D eigenvalue weighted by atomic mass is 10.2. The van der Waals surface area contributed by atoms with Crippen LogP contribution in [0.3, 0.4) is 0 Å². The highest BCUT2D eigenvalue weighted by molar-refractivity contribution is 9.10. The quantitative estimate of drug-likeness (QED) is 0.781. The third kappa shape index (κ3) is 3.99. The fourth-order valence-corrected chi connectivity index (χ4v) is 3.71. The van der Waals surface area contributed by atoms with E-state index in [2.05, 4.69) is 20.9 Å². The van der Waals surface area contributed by atoms with Crippen LogP contribution >= 0.6 is 15.9 Å². The highest BCUT2D eigenvalue weighted by atomic mass is 79.9. The van der Waals surface area contributed by atoms with Crippen molar-refractivity contribution in [2.75, 3.05) is 13.1 Å². The standard InChI is InChI=1S/C16H15BrN2O3S/c17-15-7-4-9-18-16(15)22-14-11-19(12-14)23(20,21)10-8-13-5-2-1-3-6-13/h1-10,14H,11-12H2/b10-8+. The number of halogens is 1. The van der Waals surface area contributed by atoms with Crippen LogP contribution in [-0.2, 0) is 10.0 Å². The summed E-state index contributed by atoms with van der Waals surface area (Å²) in [4.78, 5) is 4.11. The van der Waals surface area contributed by atoms with E-state index in [9.17, 15) is 8.42 Å². The van der Waals surface area contributed by atoms with Gasteiger partial charge in [0.15, 0.2) is 0 Å². The maximum absolute atomic E-state index is 12.2. The van der Waals surface area contributed by atoms with Crippen LogP contribution in [0.5, 0.6) is 5.88 Å². The number of pyridine rings is 1. The molecular formula is C16H15BrN2O3S. The van der Waals surface area contributed by atoms with Gasteiger partial charge in [-0.2, -0.15) is 4.31 Å². The predicted octanol–water partition coefficient (Wildman–Crippen LogP) is 2.91. The minimum atomic E-state index is -3.42. The van der Waals surface area contributed by atoms with E-state index >= 15 is 0 Å². The van der Waals surface area contributed by atoms with E-state index in [4.69, 9.17) is 4.74 Å². The molecule has 0 saturated carbocycles. The van der Waals surface area contributed by atoms with Crippen LogP contribution in [-0.4, -0.2) is 36.9 Å². The lowest BCUT2D eigenvalue weighted by molar-refractivity contribution is 0.0722. The predicted molar refractivity (Wildman–Crippen MR) is 92.3 cm³/mol. The van der Waals surface area contributed by atoms with Gasteiger partial charge in [-0.1, -0.05) is 30.3 Å². The molecule has 0 aliphatic carbocycles. The van der Waals surface area contributed by atoms with Crippen LogP contribution in [0.2, 0.25) is 0 Å². The molecule has 120 valence electrons. The molecule has 1 aromatic heterocycles. The van der Waals surface area contributed by atoms with Crippen molar-refractivity contribution in [1.29, 1.82) is 0 Å². The van der Waals surface area contributed by atoms with Crippen molar-refractivity contribution in [1.82, 2.24) is 9.29 Å². The number of benzene rings is 1. The third-order valence-electron chi connectivity index (χ3n) is 3.41. The number of ether oxygens (including phenoxy) is 1. The molecule has 2 aromatic rings. The monoisotopic (exact) mass is 394 g/mol. The molecule has 23 heavy (non-hydrogen) atoms. The molecule has 1 aromatic carbocycles. The van der Waals surface area contributed by atoms with Gasteiger partial charge in [-0.25, -0.2) is 13.4 Å². The van der Waals surface area contributed by atoms with E-state index in [1.807, 2.05) is 36.4 Å². The van der Waals surface area contributed by atoms with E-state index in [0.29, 0.717) is 19.0 Å². The lowest BCUT2D eigenvalue weighted by Gasteiger charge is -2.36. The lowest BCUT2D eigenvalue weighted by Crippen LogP contribution is -2.55. The second-order valence-electron chi connectivity index (χ2n) is 5.11. The average molecular weight is 395 g/mol. The summed E-state index contributed by atoms with van der Waals surface area (Å²) in [5.74, 6) is 0.481. The molecule has 0 amide bonds. The fourth-order valence-electron chi connectivity index (χ4n) is 2.11. The van der Waals surface area contributed by atoms with Crippen LogP contribution in [0.4, 0.5) is 0 Å². The normalized spacial score (nSPS) is 16.4. The Morgan fingerprint density at radius 2 is 1.91 bits per heavy atom. The van der Waals surface area contributed by atoms with E-state index in [1.54, 1.807) is 18.3 Å². The van der Waals surface area contributed by atoms with E-state index < -0.39 is 10.0 Å². The largest absolute Gasteiger partial charge is 0.471 e. The molecule has 3 rings (SSSR count). The van der Waals surface area contributed by atoms with Gasteiger partial charge in [0.25, 0.3) is 0 Å². The summed E-state index contributed by atoms with van der Waals surface area (Å²) in [6.07, 6.45) is 3.05. The van der Waals surface area contributed by atoms with Crippen molar-refractivity contribution < 1.29 is 13.2 Å². The average Bonchev–Trinajstić information content (AvgIpc) is 2.51. The summed E-state index contributed by atoms with van der Waals surface area (Å²) in [6.45, 7) is 0.648. The van der Waals surface area contributed by atoms with Crippen molar-refractivity contribution in [2.45, 2.75) is 6.10 Å². The summed E-state index contributed by atoms with van der Waals surface area (Å²) in [5.41, 5.74) is 0.849. The Hall–Kier alpha value is -1.70. The second kappa shape index (κ2) is 6.82. The molecule has 1 saturated heterocycles. The maximum Gasteiger partial charge on any atom is 0.236 e. The zero-order valence-corrected chi connectivity index (χ0v) is 14.6. The summed E-state index contributed by atoms with van der Waals surface area (Å²) in [7, 11) is -3.42. The Morgan fingerprint density at radius 3 is 2.61 bits per heavy atom. The Morgan fingerprint density at radius 1 is 1.17 bits per heavy atom. The van der Waals surface area contributed by atoms with Gasteiger partial charge in [-0.15, -0.1) is 0 Å². The number of aromatic nitrogens is 1. The summed E-state index contributed by atoms with van der Waals surface area (Å²) < 4.78 is 32.2. The van der Waals surface area contributed by atoms with Crippen molar-refractivity contribution in [3.8, 4) is 5.88 Å². The van der Waals surface area contributed by atoms with Crippen molar-refractivity contribution in [3.05, 3.63) is 64.1 Å². The molecule has 0 unspecified atom stereocenters. The first kappa shape index (κ1) is 16.2. The van der Waals surface area contributed by atoms with Gasteiger partial charge in [0.2, 0.25) is 15.9 Å². The molecule has 0 atom stereocenters. The van der Waals surface area contributed by atoms with Crippen LogP contribution in [0.15, 0.2) is 58.5 Å². The van der Waals surface area contributed by atoms with Crippen LogP contribution < -0.4 is 4.74 Å². The summed E-state index contributed by atoms with van der Waals surface area (Å²) in [6, 6.07) is 13.0. The van der Waals surface area contributed by atoms with Crippen LogP contribution in [0, 0.1) is 0 Å². The molecule has 2 heterocycles. The maximum atomic E-state index is 12.2. The zero-order valence-electron chi connectivity index (χ0n) is 12.2. The number of hydrogen-bond donors (Lipinski definition) is 0. The molecule has 0 bridgehead atoms. The third-order valence-corrected chi connectivity index (χ3v) is 5.51. The molecule has 0 radical (unpaired) electrons. The topological polar surface area (TPSA) is 59.5 Å². The van der Waals surface area contributed by atoms with Gasteiger partial charge in [-0.05, 0) is 39.7 Å². The molecule has 1 fully saturated rings. The summed E-state index contributed by atoms with van der Waals surface area (Å²) in [5, 5.41) is 1.23. The Balaban J connectivity index is 1.58. The van der Waals surface area contributed by atoms with Crippen LogP contribution in [0.25, 0.3) is 6.08 Å². The molecule has 1 aliphatic rings. The first-order valence-electron chi connectivity index (χ1n) is 7.05. The van der Waals surface area contributed by atoms with E-state index in [1.165, 1.54) is 9.71 Å². The second-order valence-corrected chi connectivity index (χ2v) is 7.78.